The van der Waals surface area contributed by atoms with Gasteiger partial charge in [-0.2, -0.15) is 0 Å². The summed E-state index contributed by atoms with van der Waals surface area (Å²) in [5, 5.41) is 13.1. The molecule has 4 N–H and O–H groups in total. The first-order valence-electron chi connectivity index (χ1n) is 11.6. The summed E-state index contributed by atoms with van der Waals surface area (Å²) in [6.07, 6.45) is 3.32. The Morgan fingerprint density at radius 1 is 1.16 bits per heavy atom. The molecule has 13 heteroatoms. The second-order valence-electron chi connectivity index (χ2n) is 8.86. The molecule has 0 aliphatic carbocycles. The Kier molecular flexibility index (Phi) is 7.62. The molecule has 5 rings (SSSR count). The molecule has 37 heavy (non-hydrogen) atoms. The maximum absolute atomic E-state index is 13.2. The topological polar surface area (TPSA) is 130 Å². The van der Waals surface area contributed by atoms with Crippen molar-refractivity contribution in [2.24, 2.45) is 5.14 Å². The molecule has 1 amide bonds. The van der Waals surface area contributed by atoms with Gasteiger partial charge >= 0.3 is 0 Å². The third kappa shape index (κ3) is 5.87. The van der Waals surface area contributed by atoms with E-state index < -0.39 is 10.0 Å². The fraction of sp³-hybridized carbons (Fsp3) is 0.292. The lowest BCUT2D eigenvalue weighted by Gasteiger charge is -2.28. The number of nitrogens with one attached hydrogen (secondary N) is 2. The minimum Gasteiger partial charge on any atom is -0.324 e. The summed E-state index contributed by atoms with van der Waals surface area (Å²) in [6, 6.07) is 10.7. The van der Waals surface area contributed by atoms with Gasteiger partial charge in [0.1, 0.15) is 5.03 Å². The fourth-order valence-electron chi connectivity index (χ4n) is 4.61. The molecule has 2 aromatic carbocycles. The average Bonchev–Trinajstić information content (AvgIpc) is 2.85. The maximum Gasteiger partial charge on any atom is 0.263 e. The van der Waals surface area contributed by atoms with E-state index >= 15 is 0 Å². The van der Waals surface area contributed by atoms with E-state index in [1.807, 2.05) is 12.1 Å². The summed E-state index contributed by atoms with van der Waals surface area (Å²) >= 11 is 14.0. The molecule has 0 bridgehead atoms. The van der Waals surface area contributed by atoms with Crippen LogP contribution in [0.2, 0.25) is 10.0 Å². The summed E-state index contributed by atoms with van der Waals surface area (Å²) in [5.74, 6) is 0.299. The van der Waals surface area contributed by atoms with Crippen molar-refractivity contribution in [3.63, 3.8) is 0 Å². The summed E-state index contributed by atoms with van der Waals surface area (Å²) in [5.41, 5.74) is 3.08. The van der Waals surface area contributed by atoms with E-state index in [1.54, 1.807) is 24.3 Å². The summed E-state index contributed by atoms with van der Waals surface area (Å²) in [4.78, 5) is 23.5. The van der Waals surface area contributed by atoms with Gasteiger partial charge in [-0.1, -0.05) is 47.1 Å². The van der Waals surface area contributed by atoms with Crippen LogP contribution >= 0.6 is 35.0 Å². The highest BCUT2D eigenvalue weighted by atomic mass is 35.5. The Bertz CT molecular complexity index is 1440. The van der Waals surface area contributed by atoms with Gasteiger partial charge in [0.2, 0.25) is 16.0 Å². The first-order valence-corrected chi connectivity index (χ1v) is 15.0. The van der Waals surface area contributed by atoms with Crippen LogP contribution < -0.4 is 20.7 Å². The molecule has 3 aromatic rings. The number of rotatable bonds is 6. The van der Waals surface area contributed by atoms with Crippen LogP contribution in [0, 0.1) is 0 Å². The van der Waals surface area contributed by atoms with Crippen molar-refractivity contribution >= 4 is 68.2 Å². The first kappa shape index (κ1) is 26.2. The van der Waals surface area contributed by atoms with Crippen molar-refractivity contribution in [2.45, 2.75) is 29.5 Å². The molecule has 0 atom stereocenters. The molecule has 1 saturated heterocycles. The molecular formula is C24H24Cl2N6O3S2. The second-order valence-corrected chi connectivity index (χ2v) is 12.2. The molecule has 1 aromatic heterocycles. The number of hydrogen-bond donors (Lipinski definition) is 3. The first-order chi connectivity index (χ1) is 17.7. The van der Waals surface area contributed by atoms with Gasteiger partial charge in [-0.05, 0) is 67.2 Å². The van der Waals surface area contributed by atoms with Crippen molar-refractivity contribution in [1.82, 2.24) is 15.3 Å². The summed E-state index contributed by atoms with van der Waals surface area (Å²) < 4.78 is 23.9. The van der Waals surface area contributed by atoms with Crippen LogP contribution in [-0.4, -0.2) is 43.3 Å². The van der Waals surface area contributed by atoms with Crippen molar-refractivity contribution in [1.29, 1.82) is 0 Å². The minimum absolute atomic E-state index is 0.252. The van der Waals surface area contributed by atoms with Crippen LogP contribution in [0.4, 0.5) is 17.3 Å². The van der Waals surface area contributed by atoms with Crippen LogP contribution in [0.1, 0.15) is 40.2 Å². The monoisotopic (exact) mass is 578 g/mol. The number of nitrogens with two attached hydrogens (primary N) is 1. The average molecular weight is 580 g/mol. The van der Waals surface area contributed by atoms with Gasteiger partial charge in [-0.3, -0.25) is 9.69 Å². The number of amides is 1. The SMILES string of the molecule is NS(=O)(=O)Cc1cc(Nc2ncc3c(n2)SCN(c2c(Cl)cccc2Cl)C3=O)ccc1C1CCNCC1. The molecule has 0 spiro atoms. The maximum atomic E-state index is 13.2. The number of piperidine rings is 1. The largest absolute Gasteiger partial charge is 0.324 e. The fourth-order valence-corrected chi connectivity index (χ4v) is 6.84. The third-order valence-electron chi connectivity index (χ3n) is 6.30. The smallest absolute Gasteiger partial charge is 0.263 e. The van der Waals surface area contributed by atoms with Crippen molar-refractivity contribution < 1.29 is 13.2 Å². The van der Waals surface area contributed by atoms with Gasteiger partial charge in [-0.15, -0.1) is 0 Å². The Balaban J connectivity index is 1.40. The number of carbonyl (C=O) groups is 1. The Morgan fingerprint density at radius 3 is 2.59 bits per heavy atom. The van der Waals surface area contributed by atoms with Gasteiger partial charge in [0, 0.05) is 11.9 Å². The lowest BCUT2D eigenvalue weighted by molar-refractivity contribution is 0.0985. The van der Waals surface area contributed by atoms with Crippen LogP contribution in [0.25, 0.3) is 0 Å². The highest BCUT2D eigenvalue weighted by Gasteiger charge is 2.30. The quantitative estimate of drug-likeness (QED) is 0.364. The molecule has 2 aliphatic heterocycles. The number of anilines is 3. The number of hydrogen-bond acceptors (Lipinski definition) is 8. The van der Waals surface area contributed by atoms with Crippen molar-refractivity contribution in [3.05, 3.63) is 69.3 Å². The van der Waals surface area contributed by atoms with E-state index in [0.29, 0.717) is 43.5 Å². The van der Waals surface area contributed by atoms with Gasteiger partial charge in [-0.25, -0.2) is 23.5 Å². The van der Waals surface area contributed by atoms with Gasteiger partial charge < -0.3 is 10.6 Å². The molecule has 1 fully saturated rings. The van der Waals surface area contributed by atoms with Gasteiger partial charge in [0.15, 0.2) is 0 Å². The zero-order valence-electron chi connectivity index (χ0n) is 19.6. The number of primary sulfonamides is 1. The van der Waals surface area contributed by atoms with E-state index in [-0.39, 0.29) is 23.5 Å². The highest BCUT2D eigenvalue weighted by Crippen LogP contribution is 2.39. The molecule has 2 aliphatic rings. The molecule has 9 nitrogen and oxygen atoms in total. The highest BCUT2D eigenvalue weighted by molar-refractivity contribution is 7.99. The van der Waals surface area contributed by atoms with Crippen molar-refractivity contribution in [2.75, 3.05) is 29.2 Å². The summed E-state index contributed by atoms with van der Waals surface area (Å²) in [6.45, 7) is 1.78. The Hall–Kier alpha value is -2.41. The number of carbonyl (C=O) groups excluding carboxylic acids is 1. The zero-order valence-corrected chi connectivity index (χ0v) is 22.7. The van der Waals surface area contributed by atoms with Gasteiger partial charge in [0.05, 0.1) is 32.9 Å². The standard InChI is InChI=1S/C24H24Cl2N6O3S2/c25-19-2-1-3-20(26)21(19)32-13-36-22-18(23(32)33)11-29-24(31-22)30-16-4-5-17(14-6-8-28-9-7-14)15(10-16)12-37(27,34)35/h1-5,10-11,14,28H,6-9,12-13H2,(H2,27,34,35)(H,29,30,31). The van der Waals surface area contributed by atoms with E-state index in [2.05, 4.69) is 20.6 Å². The number of sulfonamides is 1. The molecule has 0 radical (unpaired) electrons. The van der Waals surface area contributed by atoms with Gasteiger partial charge in [0.25, 0.3) is 5.91 Å². The van der Waals surface area contributed by atoms with Crippen molar-refractivity contribution in [3.8, 4) is 0 Å². The lowest BCUT2D eigenvalue weighted by Crippen LogP contribution is -2.35. The molecular weight excluding hydrogens is 555 g/mol. The van der Waals surface area contributed by atoms with E-state index in [4.69, 9.17) is 28.3 Å². The van der Waals surface area contributed by atoms with Crippen LogP contribution in [0.5, 0.6) is 0 Å². The number of fused-ring (bicyclic) bond motifs is 1. The molecule has 194 valence electrons. The predicted octanol–water partition coefficient (Wildman–Crippen LogP) is 4.49. The van der Waals surface area contributed by atoms with E-state index in [9.17, 15) is 13.2 Å². The molecule has 0 unspecified atom stereocenters. The second kappa shape index (κ2) is 10.8. The van der Waals surface area contributed by atoms with Crippen LogP contribution in [-0.2, 0) is 15.8 Å². The predicted molar refractivity (Wildman–Crippen MR) is 147 cm³/mol. The number of benzene rings is 2. The Morgan fingerprint density at radius 2 is 1.89 bits per heavy atom. The minimum atomic E-state index is -3.72. The molecule has 0 saturated carbocycles. The summed E-state index contributed by atoms with van der Waals surface area (Å²) in [7, 11) is -3.72. The number of thioether (sulfide) groups is 1. The van der Waals surface area contributed by atoms with Crippen LogP contribution in [0.15, 0.2) is 47.6 Å². The lowest BCUT2D eigenvalue weighted by atomic mass is 9.87. The van der Waals surface area contributed by atoms with E-state index in [1.165, 1.54) is 22.9 Å². The number of para-hydroxylation sites is 1. The third-order valence-corrected chi connectivity index (χ3v) is 8.60. The van der Waals surface area contributed by atoms with E-state index in [0.717, 1.165) is 31.5 Å². The number of halogens is 2. The zero-order chi connectivity index (χ0) is 26.2. The molecule has 3 heterocycles. The Labute approximate surface area is 229 Å². The number of aromatic nitrogens is 2. The normalized spacial score (nSPS) is 16.5. The van der Waals surface area contributed by atoms with Crippen LogP contribution in [0.3, 0.4) is 0 Å². The number of nitrogens with zero attached hydrogens (tertiary/aromatic N) is 3.